The zero-order valence-corrected chi connectivity index (χ0v) is 18.6. The van der Waals surface area contributed by atoms with Crippen molar-refractivity contribution in [3.8, 4) is 11.1 Å². The molecule has 9 nitrogen and oxygen atoms in total. The van der Waals surface area contributed by atoms with Crippen molar-refractivity contribution in [2.75, 3.05) is 25.0 Å². The molecule has 2 aromatic rings. The Bertz CT molecular complexity index is 1020. The van der Waals surface area contributed by atoms with Crippen LogP contribution >= 0.6 is 11.6 Å². The van der Waals surface area contributed by atoms with Crippen molar-refractivity contribution in [2.24, 2.45) is 11.3 Å². The second-order valence-corrected chi connectivity index (χ2v) is 9.55. The largest absolute Gasteiger partial charge is 0.391 e. The predicted molar refractivity (Wildman–Crippen MR) is 117 cm³/mol. The van der Waals surface area contributed by atoms with Crippen LogP contribution in [0.2, 0.25) is 5.02 Å². The predicted octanol–water partition coefficient (Wildman–Crippen LogP) is 2.14. The van der Waals surface area contributed by atoms with Crippen LogP contribution in [0.25, 0.3) is 11.1 Å². The van der Waals surface area contributed by atoms with E-state index in [9.17, 15) is 14.7 Å². The molecule has 2 unspecified atom stereocenters. The number of aliphatic hydroxyl groups is 1. The number of β-amino-alcohol motifs (C(OH)–C–C–N with tert-alkyl or cyclic N) is 1. The third-order valence-electron chi connectivity index (χ3n) is 5.94. The molecule has 0 spiro atoms. The van der Waals surface area contributed by atoms with Gasteiger partial charge in [-0.1, -0.05) is 25.4 Å². The highest BCUT2D eigenvalue weighted by Crippen LogP contribution is 2.39. The summed E-state index contributed by atoms with van der Waals surface area (Å²) < 4.78 is 2.00. The van der Waals surface area contributed by atoms with Crippen molar-refractivity contribution in [1.29, 1.82) is 0 Å². The molecule has 2 aliphatic rings. The molecule has 2 aliphatic heterocycles. The lowest BCUT2D eigenvalue weighted by Crippen LogP contribution is -2.37. The molecule has 1 saturated heterocycles. The number of halogens is 1. The van der Waals surface area contributed by atoms with Crippen LogP contribution in [0.5, 0.6) is 0 Å². The molecular weight excluding hydrogens is 420 g/mol. The van der Waals surface area contributed by atoms with Crippen LogP contribution in [-0.4, -0.2) is 62.4 Å². The molecule has 0 aliphatic carbocycles. The number of rotatable bonds is 4. The highest BCUT2D eigenvalue weighted by atomic mass is 35.5. The van der Waals surface area contributed by atoms with Crippen LogP contribution < -0.4 is 10.6 Å². The van der Waals surface area contributed by atoms with E-state index in [2.05, 4.69) is 34.6 Å². The fraction of sp³-hybridized carbons (Fsp3) is 0.524. The molecule has 166 valence electrons. The van der Waals surface area contributed by atoms with Gasteiger partial charge in [-0.05, 0) is 17.9 Å². The quantitative estimate of drug-likeness (QED) is 0.666. The molecule has 0 bridgehead atoms. The molecule has 0 aromatic carbocycles. The number of nitrogens with zero attached hydrogens (tertiary/aromatic N) is 4. The number of hydrogen-bond acceptors (Lipinski definition) is 5. The molecule has 4 heterocycles. The van der Waals surface area contributed by atoms with Gasteiger partial charge in [0, 0.05) is 62.0 Å². The van der Waals surface area contributed by atoms with Crippen LogP contribution in [0.3, 0.4) is 0 Å². The van der Waals surface area contributed by atoms with Crippen molar-refractivity contribution >= 4 is 29.4 Å². The zero-order valence-electron chi connectivity index (χ0n) is 17.9. The van der Waals surface area contributed by atoms with E-state index in [0.717, 1.165) is 29.8 Å². The number of amides is 3. The van der Waals surface area contributed by atoms with Gasteiger partial charge in [-0.2, -0.15) is 5.10 Å². The molecule has 10 heteroatoms. The third-order valence-corrected chi connectivity index (χ3v) is 6.24. The summed E-state index contributed by atoms with van der Waals surface area (Å²) >= 11 is 6.41. The van der Waals surface area contributed by atoms with Gasteiger partial charge in [0.1, 0.15) is 5.82 Å². The van der Waals surface area contributed by atoms with Crippen LogP contribution in [0.4, 0.5) is 10.6 Å². The second kappa shape index (κ2) is 8.12. The van der Waals surface area contributed by atoms with Crippen LogP contribution in [0.15, 0.2) is 18.5 Å². The molecule has 3 amide bonds. The molecule has 31 heavy (non-hydrogen) atoms. The second-order valence-electron chi connectivity index (χ2n) is 9.14. The Morgan fingerprint density at radius 3 is 2.77 bits per heavy atom. The minimum atomic E-state index is -0.654. The average Bonchev–Trinajstić information content (AvgIpc) is 3.33. The normalized spacial score (nSPS) is 21.8. The van der Waals surface area contributed by atoms with Crippen molar-refractivity contribution in [3.63, 3.8) is 0 Å². The van der Waals surface area contributed by atoms with Crippen molar-refractivity contribution < 1.29 is 14.7 Å². The smallest absolute Gasteiger partial charge is 0.320 e. The van der Waals surface area contributed by atoms with Gasteiger partial charge >= 0.3 is 6.03 Å². The summed E-state index contributed by atoms with van der Waals surface area (Å²) in [6.07, 6.45) is 3.56. The lowest BCUT2D eigenvalue weighted by Gasteiger charge is -2.15. The summed E-state index contributed by atoms with van der Waals surface area (Å²) in [4.78, 5) is 29.6. The van der Waals surface area contributed by atoms with E-state index in [1.54, 1.807) is 17.2 Å². The number of fused-ring (bicyclic) bond motifs is 1. The van der Waals surface area contributed by atoms with E-state index in [1.165, 1.54) is 13.1 Å². The fourth-order valence-corrected chi connectivity index (χ4v) is 4.49. The first-order chi connectivity index (χ1) is 14.6. The lowest BCUT2D eigenvalue weighted by atomic mass is 9.89. The minimum absolute atomic E-state index is 0.0843. The van der Waals surface area contributed by atoms with Gasteiger partial charge in [0.05, 0.1) is 17.3 Å². The minimum Gasteiger partial charge on any atom is -0.391 e. The summed E-state index contributed by atoms with van der Waals surface area (Å²) in [6.45, 7) is 7.69. The molecule has 4 rings (SSSR count). The van der Waals surface area contributed by atoms with E-state index >= 15 is 0 Å². The fourth-order valence-electron chi connectivity index (χ4n) is 4.28. The number of pyridine rings is 1. The Balaban J connectivity index is 1.42. The van der Waals surface area contributed by atoms with Gasteiger partial charge in [0.2, 0.25) is 5.91 Å². The highest BCUT2D eigenvalue weighted by Gasteiger charge is 2.33. The maximum Gasteiger partial charge on any atom is 0.320 e. The number of aromatic nitrogens is 3. The van der Waals surface area contributed by atoms with Gasteiger partial charge < -0.3 is 15.3 Å². The number of carbonyl (C=O) groups is 2. The average molecular weight is 447 g/mol. The van der Waals surface area contributed by atoms with Crippen LogP contribution in [0.1, 0.15) is 26.5 Å². The van der Waals surface area contributed by atoms with Gasteiger partial charge in [-0.3, -0.25) is 14.8 Å². The van der Waals surface area contributed by atoms with Gasteiger partial charge in [0.15, 0.2) is 0 Å². The number of carbonyl (C=O) groups excluding carboxylic acids is 2. The Hall–Kier alpha value is -2.65. The highest BCUT2D eigenvalue weighted by molar-refractivity contribution is 6.33. The van der Waals surface area contributed by atoms with Crippen LogP contribution in [0, 0.1) is 11.3 Å². The molecule has 1 fully saturated rings. The number of urea groups is 1. The van der Waals surface area contributed by atoms with Gasteiger partial charge in [-0.25, -0.2) is 9.78 Å². The van der Waals surface area contributed by atoms with E-state index in [4.69, 9.17) is 11.6 Å². The Morgan fingerprint density at radius 1 is 1.29 bits per heavy atom. The van der Waals surface area contributed by atoms with E-state index < -0.39 is 12.1 Å². The van der Waals surface area contributed by atoms with E-state index in [-0.39, 0.29) is 30.3 Å². The zero-order chi connectivity index (χ0) is 22.3. The summed E-state index contributed by atoms with van der Waals surface area (Å²) in [5.41, 5.74) is 2.98. The van der Waals surface area contributed by atoms with E-state index in [1.807, 2.05) is 4.68 Å². The first-order valence-corrected chi connectivity index (χ1v) is 10.7. The maximum atomic E-state index is 12.4. The third kappa shape index (κ3) is 4.52. The Morgan fingerprint density at radius 2 is 2.06 bits per heavy atom. The summed E-state index contributed by atoms with van der Waals surface area (Å²) in [7, 11) is 0. The number of nitrogens with one attached hydrogen (secondary N) is 2. The SMILES string of the molecule is CC(=O)N1CC(O)C(CNC(=O)Nc2cc(-c3cnn4c3CC(C)(C)C4)c(Cl)cn2)C1. The van der Waals surface area contributed by atoms with Gasteiger partial charge in [-0.15, -0.1) is 0 Å². The number of hydrogen-bond donors (Lipinski definition) is 3. The topological polar surface area (TPSA) is 112 Å². The molecule has 3 N–H and O–H groups in total. The first-order valence-electron chi connectivity index (χ1n) is 10.3. The Kier molecular flexibility index (Phi) is 5.65. The van der Waals surface area contributed by atoms with Crippen molar-refractivity contribution in [3.05, 3.63) is 29.2 Å². The molecular formula is C21H27ClN6O3. The molecule has 0 radical (unpaired) electrons. The first kappa shape index (κ1) is 21.6. The molecule has 2 atom stereocenters. The monoisotopic (exact) mass is 446 g/mol. The number of anilines is 1. The molecule has 2 aromatic heterocycles. The number of aliphatic hydroxyl groups excluding tert-OH is 1. The summed E-state index contributed by atoms with van der Waals surface area (Å²) in [6, 6.07) is 1.31. The van der Waals surface area contributed by atoms with Crippen LogP contribution in [-0.2, 0) is 17.8 Å². The van der Waals surface area contributed by atoms with Crippen molar-refractivity contribution in [1.82, 2.24) is 25.0 Å². The van der Waals surface area contributed by atoms with Gasteiger partial charge in [0.25, 0.3) is 0 Å². The summed E-state index contributed by atoms with van der Waals surface area (Å²) in [5.74, 6) is 0.0760. The Labute approximate surface area is 185 Å². The standard InChI is InChI=1S/C21H27ClN6O3/c1-12(29)27-9-13(18(30)10-27)6-24-20(31)26-19-4-14(16(22)8-23-19)15-7-25-28-11-21(2,3)5-17(15)28/h4,7-8,13,18,30H,5-6,9-11H2,1-3H3,(H2,23,24,26,31). The lowest BCUT2D eigenvalue weighted by molar-refractivity contribution is -0.128. The summed E-state index contributed by atoms with van der Waals surface area (Å²) in [5, 5.41) is 20.5. The number of likely N-dealkylation sites (tertiary alicyclic amines) is 1. The van der Waals surface area contributed by atoms with E-state index in [0.29, 0.717) is 17.4 Å². The molecule has 0 saturated carbocycles. The maximum absolute atomic E-state index is 12.4. The van der Waals surface area contributed by atoms with Crippen molar-refractivity contribution in [2.45, 2.75) is 39.8 Å².